The SMILES string of the molecule is Cc1ccc(CN2CC[C@@H](N3CC[C@@H](c4ccc(OP(C)(=O)O)cc4)[C@H](F)C3)C2=O)cc1. The standard InChI is InChI=1S/C24H30FN2O4P/c1-17-3-5-18(6-4-17)15-27-14-12-23(24(27)28)26-13-11-21(22(25)16-26)19-7-9-20(10-8-19)31-32(2,29)30/h3-10,21-23H,11-16H2,1-2H3,(H,29,30)/t21-,22+,23+/m0/s1. The van der Waals surface area contributed by atoms with Crippen molar-refractivity contribution in [3.8, 4) is 5.75 Å². The van der Waals surface area contributed by atoms with Crippen LogP contribution in [0.4, 0.5) is 4.39 Å². The molecular weight excluding hydrogens is 430 g/mol. The van der Waals surface area contributed by atoms with Crippen LogP contribution < -0.4 is 4.52 Å². The van der Waals surface area contributed by atoms with E-state index in [1.165, 1.54) is 5.56 Å². The van der Waals surface area contributed by atoms with Gasteiger partial charge in [-0.15, -0.1) is 0 Å². The summed E-state index contributed by atoms with van der Waals surface area (Å²) in [7, 11) is -3.62. The Morgan fingerprint density at radius 2 is 1.78 bits per heavy atom. The van der Waals surface area contributed by atoms with Crippen molar-refractivity contribution >= 4 is 13.5 Å². The topological polar surface area (TPSA) is 70.1 Å². The van der Waals surface area contributed by atoms with Gasteiger partial charge in [-0.05, 0) is 49.6 Å². The van der Waals surface area contributed by atoms with Crippen LogP contribution in [-0.2, 0) is 15.9 Å². The van der Waals surface area contributed by atoms with Gasteiger partial charge in [0.1, 0.15) is 11.9 Å². The molecule has 1 amide bonds. The van der Waals surface area contributed by atoms with Crippen molar-refractivity contribution in [3.05, 3.63) is 65.2 Å². The fourth-order valence-corrected chi connectivity index (χ4v) is 5.20. The number of amides is 1. The predicted octanol–water partition coefficient (Wildman–Crippen LogP) is 4.12. The van der Waals surface area contributed by atoms with E-state index in [1.54, 1.807) is 24.3 Å². The van der Waals surface area contributed by atoms with Gasteiger partial charge in [0.2, 0.25) is 5.91 Å². The molecule has 2 fully saturated rings. The van der Waals surface area contributed by atoms with Crippen molar-refractivity contribution in [1.82, 2.24) is 9.80 Å². The average Bonchev–Trinajstić information content (AvgIpc) is 3.09. The van der Waals surface area contributed by atoms with Crippen LogP contribution in [0.25, 0.3) is 0 Å². The third-order valence-corrected chi connectivity index (χ3v) is 6.91. The average molecular weight is 460 g/mol. The Balaban J connectivity index is 1.34. The molecule has 32 heavy (non-hydrogen) atoms. The summed E-state index contributed by atoms with van der Waals surface area (Å²) in [5.74, 6) is 0.119. The number of hydrogen-bond donors (Lipinski definition) is 1. The lowest BCUT2D eigenvalue weighted by molar-refractivity contribution is -0.133. The molecule has 2 aromatic carbocycles. The van der Waals surface area contributed by atoms with Gasteiger partial charge in [-0.2, -0.15) is 0 Å². The first-order valence-electron chi connectivity index (χ1n) is 11.0. The van der Waals surface area contributed by atoms with Crippen molar-refractivity contribution < 1.29 is 23.2 Å². The maximum Gasteiger partial charge on any atom is 0.373 e. The minimum Gasteiger partial charge on any atom is -0.425 e. The van der Waals surface area contributed by atoms with Gasteiger partial charge in [0.25, 0.3) is 0 Å². The zero-order chi connectivity index (χ0) is 22.9. The summed E-state index contributed by atoms with van der Waals surface area (Å²) in [6.07, 6.45) is 0.270. The molecule has 2 aliphatic rings. The molecule has 0 radical (unpaired) electrons. The van der Waals surface area contributed by atoms with Crippen molar-refractivity contribution in [3.63, 3.8) is 0 Å². The monoisotopic (exact) mass is 460 g/mol. The van der Waals surface area contributed by atoms with Gasteiger partial charge in [0, 0.05) is 32.2 Å². The van der Waals surface area contributed by atoms with E-state index < -0.39 is 13.8 Å². The van der Waals surface area contributed by atoms with Crippen molar-refractivity contribution in [2.24, 2.45) is 0 Å². The maximum absolute atomic E-state index is 15.1. The molecule has 4 atom stereocenters. The molecule has 2 heterocycles. The largest absolute Gasteiger partial charge is 0.425 e. The fourth-order valence-electron chi connectivity index (χ4n) is 4.69. The van der Waals surface area contributed by atoms with Crippen LogP contribution >= 0.6 is 7.60 Å². The summed E-state index contributed by atoms with van der Waals surface area (Å²) >= 11 is 0. The Labute approximate surface area is 188 Å². The number of hydrogen-bond acceptors (Lipinski definition) is 4. The lowest BCUT2D eigenvalue weighted by Crippen LogP contribution is -2.49. The van der Waals surface area contributed by atoms with E-state index in [0.29, 0.717) is 31.8 Å². The molecule has 0 aliphatic carbocycles. The number of carbonyl (C=O) groups is 1. The molecule has 0 bridgehead atoms. The molecule has 0 saturated carbocycles. The highest BCUT2D eigenvalue weighted by Crippen LogP contribution is 2.39. The number of likely N-dealkylation sites (tertiary alicyclic amines) is 2. The van der Waals surface area contributed by atoms with E-state index in [2.05, 4.69) is 24.3 Å². The Bertz CT molecular complexity index is 992. The Kier molecular flexibility index (Phi) is 6.70. The van der Waals surface area contributed by atoms with Crippen LogP contribution in [0.3, 0.4) is 0 Å². The number of nitrogens with zero attached hydrogens (tertiary/aromatic N) is 2. The molecule has 8 heteroatoms. The zero-order valence-corrected chi connectivity index (χ0v) is 19.4. The van der Waals surface area contributed by atoms with E-state index in [9.17, 15) is 14.3 Å². The summed E-state index contributed by atoms with van der Waals surface area (Å²) in [5, 5.41) is 0. The highest BCUT2D eigenvalue weighted by Gasteiger charge is 2.40. The molecule has 6 nitrogen and oxygen atoms in total. The van der Waals surface area contributed by atoms with Gasteiger partial charge in [0.05, 0.1) is 6.04 Å². The van der Waals surface area contributed by atoms with E-state index in [-0.39, 0.29) is 24.4 Å². The number of rotatable bonds is 6. The molecule has 2 aliphatic heterocycles. The number of benzene rings is 2. The quantitative estimate of drug-likeness (QED) is 0.657. The molecule has 172 valence electrons. The third-order valence-electron chi connectivity index (χ3n) is 6.36. The van der Waals surface area contributed by atoms with Crippen molar-refractivity contribution in [2.45, 2.75) is 44.4 Å². The highest BCUT2D eigenvalue weighted by molar-refractivity contribution is 7.52. The molecule has 1 unspecified atom stereocenters. The van der Waals surface area contributed by atoms with Gasteiger partial charge in [-0.25, -0.2) is 8.96 Å². The van der Waals surface area contributed by atoms with Crippen LogP contribution in [0, 0.1) is 6.92 Å². The van der Waals surface area contributed by atoms with Gasteiger partial charge in [-0.3, -0.25) is 9.69 Å². The van der Waals surface area contributed by atoms with Gasteiger partial charge in [0.15, 0.2) is 0 Å². The lowest BCUT2D eigenvalue weighted by atomic mass is 9.87. The second kappa shape index (κ2) is 9.34. The fraction of sp³-hybridized carbons (Fsp3) is 0.458. The molecular formula is C24H30FN2O4P. The number of piperidine rings is 1. The summed E-state index contributed by atoms with van der Waals surface area (Å²) < 4.78 is 31.5. The van der Waals surface area contributed by atoms with Crippen LogP contribution in [0.2, 0.25) is 0 Å². The Morgan fingerprint density at radius 1 is 1.09 bits per heavy atom. The van der Waals surface area contributed by atoms with Crippen molar-refractivity contribution in [1.29, 1.82) is 0 Å². The molecule has 0 aromatic heterocycles. The zero-order valence-electron chi connectivity index (χ0n) is 18.5. The number of halogens is 1. The first-order valence-corrected chi connectivity index (χ1v) is 13.0. The summed E-state index contributed by atoms with van der Waals surface area (Å²) in [6.45, 7) is 5.36. The third kappa shape index (κ3) is 5.40. The molecule has 0 spiro atoms. The molecule has 4 rings (SSSR count). The first-order chi connectivity index (χ1) is 15.2. The summed E-state index contributed by atoms with van der Waals surface area (Å²) in [4.78, 5) is 26.2. The van der Waals surface area contributed by atoms with Gasteiger partial charge in [-0.1, -0.05) is 42.0 Å². The molecule has 2 aromatic rings. The Morgan fingerprint density at radius 3 is 2.41 bits per heavy atom. The predicted molar refractivity (Wildman–Crippen MR) is 122 cm³/mol. The molecule has 1 N–H and O–H groups in total. The van der Waals surface area contributed by atoms with Crippen LogP contribution in [-0.4, -0.2) is 59.1 Å². The normalized spacial score (nSPS) is 26.2. The first kappa shape index (κ1) is 23.0. The smallest absolute Gasteiger partial charge is 0.373 e. The van der Waals surface area contributed by atoms with E-state index in [0.717, 1.165) is 24.2 Å². The van der Waals surface area contributed by atoms with E-state index >= 15 is 4.39 Å². The minimum atomic E-state index is -3.62. The van der Waals surface area contributed by atoms with Crippen molar-refractivity contribution in [2.75, 3.05) is 26.3 Å². The summed E-state index contributed by atoms with van der Waals surface area (Å²) in [5.41, 5.74) is 3.14. The number of carbonyl (C=O) groups excluding carboxylic acids is 1. The second-order valence-corrected chi connectivity index (χ2v) is 10.7. The van der Waals surface area contributed by atoms with Crippen LogP contribution in [0.5, 0.6) is 5.75 Å². The highest BCUT2D eigenvalue weighted by atomic mass is 31.2. The summed E-state index contributed by atoms with van der Waals surface area (Å²) in [6, 6.07) is 14.7. The van der Waals surface area contributed by atoms with Crippen LogP contribution in [0.1, 0.15) is 35.4 Å². The number of aryl methyl sites for hydroxylation is 1. The van der Waals surface area contributed by atoms with Gasteiger partial charge < -0.3 is 14.3 Å². The minimum absolute atomic E-state index is 0.0886. The number of alkyl halides is 1. The van der Waals surface area contributed by atoms with E-state index in [4.69, 9.17) is 4.52 Å². The second-order valence-electron chi connectivity index (χ2n) is 8.92. The maximum atomic E-state index is 15.1. The Hall–Kier alpha value is -2.21. The lowest BCUT2D eigenvalue weighted by Gasteiger charge is -2.37. The van der Waals surface area contributed by atoms with Crippen LogP contribution in [0.15, 0.2) is 48.5 Å². The van der Waals surface area contributed by atoms with E-state index in [1.807, 2.05) is 16.7 Å². The molecule has 2 saturated heterocycles. The van der Waals surface area contributed by atoms with Gasteiger partial charge >= 0.3 is 7.60 Å².